The van der Waals surface area contributed by atoms with Gasteiger partial charge in [-0.05, 0) is 31.6 Å². The second-order valence-corrected chi connectivity index (χ2v) is 7.35. The highest BCUT2D eigenvalue weighted by atomic mass is 16.2. The minimum Gasteiger partial charge on any atom is -0.342 e. The van der Waals surface area contributed by atoms with Crippen molar-refractivity contribution in [2.75, 3.05) is 26.2 Å². The number of rotatable bonds is 8. The molecule has 0 aromatic rings. The van der Waals surface area contributed by atoms with E-state index < -0.39 is 0 Å². The van der Waals surface area contributed by atoms with Gasteiger partial charge in [-0.25, -0.2) is 0 Å². The van der Waals surface area contributed by atoms with E-state index >= 15 is 0 Å². The molecule has 1 saturated heterocycles. The molecule has 2 unspecified atom stereocenters. The Labute approximate surface area is 147 Å². The molecule has 5 heteroatoms. The molecule has 1 heterocycles. The lowest BCUT2D eigenvalue weighted by Gasteiger charge is -2.36. The van der Waals surface area contributed by atoms with Crippen LogP contribution >= 0.6 is 0 Å². The summed E-state index contributed by atoms with van der Waals surface area (Å²) in [6.07, 6.45) is 3.87. The van der Waals surface area contributed by atoms with Gasteiger partial charge in [0.25, 0.3) is 0 Å². The van der Waals surface area contributed by atoms with E-state index in [1.165, 1.54) is 0 Å². The van der Waals surface area contributed by atoms with Crippen molar-refractivity contribution in [1.29, 1.82) is 5.26 Å². The van der Waals surface area contributed by atoms with E-state index in [9.17, 15) is 9.59 Å². The number of hydrogen-bond donors (Lipinski definition) is 0. The van der Waals surface area contributed by atoms with Crippen molar-refractivity contribution >= 4 is 11.8 Å². The fourth-order valence-corrected chi connectivity index (χ4v) is 3.05. The quantitative estimate of drug-likeness (QED) is 0.685. The van der Waals surface area contributed by atoms with Crippen molar-refractivity contribution < 1.29 is 9.59 Å². The van der Waals surface area contributed by atoms with Gasteiger partial charge in [-0.1, -0.05) is 27.7 Å². The summed E-state index contributed by atoms with van der Waals surface area (Å²) < 4.78 is 0. The Hall–Kier alpha value is -1.57. The van der Waals surface area contributed by atoms with Crippen LogP contribution in [-0.2, 0) is 9.59 Å². The highest BCUT2D eigenvalue weighted by Crippen LogP contribution is 2.22. The summed E-state index contributed by atoms with van der Waals surface area (Å²) >= 11 is 0. The van der Waals surface area contributed by atoms with Gasteiger partial charge < -0.3 is 9.80 Å². The number of carbonyl (C=O) groups excluding carboxylic acids is 2. The summed E-state index contributed by atoms with van der Waals surface area (Å²) in [7, 11) is 0. The number of nitriles is 1. The third-order valence-electron chi connectivity index (χ3n) is 4.90. The third kappa shape index (κ3) is 6.14. The topological polar surface area (TPSA) is 64.4 Å². The molecule has 0 radical (unpaired) electrons. The second-order valence-electron chi connectivity index (χ2n) is 7.35. The van der Waals surface area contributed by atoms with Crippen LogP contribution in [0.4, 0.5) is 0 Å². The van der Waals surface area contributed by atoms with Gasteiger partial charge in [0.15, 0.2) is 0 Å². The van der Waals surface area contributed by atoms with Crippen molar-refractivity contribution in [3.63, 3.8) is 0 Å². The number of hydrogen-bond acceptors (Lipinski definition) is 3. The zero-order valence-electron chi connectivity index (χ0n) is 15.8. The Morgan fingerprint density at radius 3 is 2.58 bits per heavy atom. The van der Waals surface area contributed by atoms with Gasteiger partial charge in [0.05, 0.1) is 18.4 Å². The molecule has 0 N–H and O–H groups in total. The van der Waals surface area contributed by atoms with Crippen LogP contribution in [-0.4, -0.2) is 47.8 Å². The number of amides is 2. The molecular weight excluding hydrogens is 302 g/mol. The third-order valence-corrected chi connectivity index (χ3v) is 4.90. The standard InChI is InChI=1S/C19H33N3O2/c1-5-16(4)18(23)22-11-6-8-17(14-22)19(24)21(12-7-10-20)13-9-15(2)3/h15-17H,5-9,11-14H2,1-4H3. The molecule has 24 heavy (non-hydrogen) atoms. The smallest absolute Gasteiger partial charge is 0.227 e. The van der Waals surface area contributed by atoms with Gasteiger partial charge in [-0.2, -0.15) is 5.26 Å². The summed E-state index contributed by atoms with van der Waals surface area (Å²) in [6.45, 7) is 10.7. The maximum absolute atomic E-state index is 12.9. The van der Waals surface area contributed by atoms with Gasteiger partial charge in [-0.3, -0.25) is 9.59 Å². The molecule has 1 fully saturated rings. The molecule has 5 nitrogen and oxygen atoms in total. The van der Waals surface area contributed by atoms with Crippen LogP contribution in [0, 0.1) is 29.1 Å². The summed E-state index contributed by atoms with van der Waals surface area (Å²) in [6, 6.07) is 2.13. The summed E-state index contributed by atoms with van der Waals surface area (Å²) in [5.41, 5.74) is 0. The minimum absolute atomic E-state index is 0.0227. The summed E-state index contributed by atoms with van der Waals surface area (Å²) in [4.78, 5) is 29.0. The molecule has 0 aliphatic carbocycles. The number of carbonyl (C=O) groups is 2. The highest BCUT2D eigenvalue weighted by Gasteiger charge is 2.32. The molecule has 1 aliphatic rings. The van der Waals surface area contributed by atoms with Crippen LogP contribution in [0.2, 0.25) is 0 Å². The second kappa shape index (κ2) is 10.3. The predicted molar refractivity (Wildman–Crippen MR) is 95.0 cm³/mol. The van der Waals surface area contributed by atoms with Crippen molar-refractivity contribution in [1.82, 2.24) is 9.80 Å². The van der Waals surface area contributed by atoms with Gasteiger partial charge in [0.1, 0.15) is 0 Å². The molecule has 2 amide bonds. The molecular formula is C19H33N3O2. The minimum atomic E-state index is -0.113. The number of likely N-dealkylation sites (tertiary alicyclic amines) is 1. The van der Waals surface area contributed by atoms with Gasteiger partial charge in [0.2, 0.25) is 11.8 Å². The molecule has 0 spiro atoms. The first-order valence-corrected chi connectivity index (χ1v) is 9.35. The van der Waals surface area contributed by atoms with Crippen molar-refractivity contribution in [3.05, 3.63) is 0 Å². The average Bonchev–Trinajstić information content (AvgIpc) is 2.59. The van der Waals surface area contributed by atoms with Gasteiger partial charge >= 0.3 is 0 Å². The Morgan fingerprint density at radius 2 is 2.00 bits per heavy atom. The highest BCUT2D eigenvalue weighted by molar-refractivity contribution is 5.82. The van der Waals surface area contributed by atoms with E-state index in [-0.39, 0.29) is 23.7 Å². The lowest BCUT2D eigenvalue weighted by molar-refractivity contribution is -0.142. The summed E-state index contributed by atoms with van der Waals surface area (Å²) in [5, 5.41) is 8.85. The Balaban J connectivity index is 2.70. The van der Waals surface area contributed by atoms with Crippen LogP contribution in [0.3, 0.4) is 0 Å². The van der Waals surface area contributed by atoms with E-state index in [2.05, 4.69) is 19.9 Å². The Bertz CT molecular complexity index is 456. The lowest BCUT2D eigenvalue weighted by Crippen LogP contribution is -2.48. The van der Waals surface area contributed by atoms with Crippen molar-refractivity contribution in [3.8, 4) is 6.07 Å². The average molecular weight is 335 g/mol. The number of nitrogens with zero attached hydrogens (tertiary/aromatic N) is 3. The first-order chi connectivity index (χ1) is 11.4. The predicted octanol–water partition coefficient (Wildman–Crippen LogP) is 3.06. The number of piperidine rings is 1. The van der Waals surface area contributed by atoms with E-state index in [1.807, 2.05) is 23.6 Å². The monoisotopic (exact) mass is 335 g/mol. The van der Waals surface area contributed by atoms with Crippen LogP contribution in [0.1, 0.15) is 59.8 Å². The SMILES string of the molecule is CCC(C)C(=O)N1CCCC(C(=O)N(CCC#N)CCC(C)C)C1. The molecule has 1 aliphatic heterocycles. The maximum atomic E-state index is 12.9. The molecule has 1 rings (SSSR count). The van der Waals surface area contributed by atoms with E-state index in [0.29, 0.717) is 32.0 Å². The first kappa shape index (κ1) is 20.5. The van der Waals surface area contributed by atoms with Crippen molar-refractivity contribution in [2.45, 2.75) is 59.8 Å². The lowest BCUT2D eigenvalue weighted by atomic mass is 9.94. The van der Waals surface area contributed by atoms with Crippen LogP contribution in [0.25, 0.3) is 0 Å². The zero-order valence-corrected chi connectivity index (χ0v) is 15.8. The van der Waals surface area contributed by atoms with E-state index in [4.69, 9.17) is 5.26 Å². The Morgan fingerprint density at radius 1 is 1.29 bits per heavy atom. The van der Waals surface area contributed by atoms with E-state index in [1.54, 1.807) is 0 Å². The van der Waals surface area contributed by atoms with Crippen LogP contribution in [0.5, 0.6) is 0 Å². The zero-order chi connectivity index (χ0) is 18.1. The molecule has 136 valence electrons. The fourth-order valence-electron chi connectivity index (χ4n) is 3.05. The molecule has 0 bridgehead atoms. The van der Waals surface area contributed by atoms with Crippen LogP contribution in [0.15, 0.2) is 0 Å². The molecule has 0 aromatic heterocycles. The first-order valence-electron chi connectivity index (χ1n) is 9.35. The van der Waals surface area contributed by atoms with E-state index in [0.717, 1.165) is 32.2 Å². The van der Waals surface area contributed by atoms with Gasteiger partial charge in [0, 0.05) is 32.1 Å². The maximum Gasteiger partial charge on any atom is 0.227 e. The molecule has 0 saturated carbocycles. The van der Waals surface area contributed by atoms with Crippen molar-refractivity contribution in [2.24, 2.45) is 17.8 Å². The normalized spacial score (nSPS) is 19.0. The van der Waals surface area contributed by atoms with Gasteiger partial charge in [-0.15, -0.1) is 0 Å². The largest absolute Gasteiger partial charge is 0.342 e. The summed E-state index contributed by atoms with van der Waals surface area (Å²) in [5.74, 6) is 0.720. The molecule has 2 atom stereocenters. The fraction of sp³-hybridized carbons (Fsp3) is 0.842. The van der Waals surface area contributed by atoms with Crippen LogP contribution < -0.4 is 0 Å². The molecule has 0 aromatic carbocycles. The Kier molecular flexibility index (Phi) is 8.81.